The monoisotopic (exact) mass is 245 g/mol. The Balaban J connectivity index is 3.56. The molecule has 5 nitrogen and oxygen atoms in total. The second-order valence-electron chi connectivity index (χ2n) is 4.36. The van der Waals surface area contributed by atoms with E-state index in [9.17, 15) is 4.79 Å². The highest BCUT2D eigenvalue weighted by Crippen LogP contribution is 2.04. The zero-order valence-corrected chi connectivity index (χ0v) is 11.4. The molecule has 0 radical (unpaired) electrons. The van der Waals surface area contributed by atoms with Gasteiger partial charge in [-0.2, -0.15) is 0 Å². The van der Waals surface area contributed by atoms with Gasteiger partial charge in [0.2, 0.25) is 5.91 Å². The lowest BCUT2D eigenvalue weighted by atomic mass is 10.0. The topological polar surface area (TPSA) is 67.6 Å². The van der Waals surface area contributed by atoms with E-state index in [1.807, 2.05) is 7.05 Å². The van der Waals surface area contributed by atoms with Crippen molar-refractivity contribution in [1.82, 2.24) is 10.2 Å². The Bertz CT molecular complexity index is 196. The van der Waals surface area contributed by atoms with E-state index in [2.05, 4.69) is 17.1 Å². The van der Waals surface area contributed by atoms with E-state index in [-0.39, 0.29) is 5.91 Å². The standard InChI is InChI=1S/C12H27N3O2/c1-4-11(10-13)9-12(16)14-5-6-15(2)7-8-17-3/h11H,4-10,13H2,1-3H3,(H,14,16). The second kappa shape index (κ2) is 10.5. The van der Waals surface area contributed by atoms with Crippen LogP contribution < -0.4 is 11.1 Å². The highest BCUT2D eigenvalue weighted by molar-refractivity contribution is 5.76. The quantitative estimate of drug-likeness (QED) is 0.571. The fourth-order valence-corrected chi connectivity index (χ4v) is 1.47. The lowest BCUT2D eigenvalue weighted by molar-refractivity contribution is -0.122. The summed E-state index contributed by atoms with van der Waals surface area (Å²) >= 11 is 0. The van der Waals surface area contributed by atoms with Gasteiger partial charge in [0.1, 0.15) is 0 Å². The number of likely N-dealkylation sites (N-methyl/N-ethyl adjacent to an activating group) is 1. The molecule has 17 heavy (non-hydrogen) atoms. The molecule has 0 aliphatic carbocycles. The molecular formula is C12H27N3O2. The van der Waals surface area contributed by atoms with Crippen molar-refractivity contribution in [1.29, 1.82) is 0 Å². The number of amides is 1. The molecule has 0 saturated heterocycles. The lowest BCUT2D eigenvalue weighted by Gasteiger charge is -2.17. The molecule has 0 aliphatic heterocycles. The Morgan fingerprint density at radius 2 is 2.18 bits per heavy atom. The maximum atomic E-state index is 11.6. The predicted molar refractivity (Wildman–Crippen MR) is 69.8 cm³/mol. The van der Waals surface area contributed by atoms with E-state index in [1.165, 1.54) is 0 Å². The third-order valence-electron chi connectivity index (χ3n) is 2.88. The fraction of sp³-hybridized carbons (Fsp3) is 0.917. The normalized spacial score (nSPS) is 12.8. The SMILES string of the molecule is CCC(CN)CC(=O)NCCN(C)CCOC. The zero-order valence-electron chi connectivity index (χ0n) is 11.4. The average molecular weight is 245 g/mol. The molecule has 0 aromatic carbocycles. The average Bonchev–Trinajstić information content (AvgIpc) is 2.33. The van der Waals surface area contributed by atoms with Crippen LogP contribution in [0.25, 0.3) is 0 Å². The first-order valence-corrected chi connectivity index (χ1v) is 6.28. The van der Waals surface area contributed by atoms with Crippen molar-refractivity contribution in [2.45, 2.75) is 19.8 Å². The molecule has 0 heterocycles. The summed E-state index contributed by atoms with van der Waals surface area (Å²) in [6.07, 6.45) is 1.49. The van der Waals surface area contributed by atoms with Crippen LogP contribution in [0.1, 0.15) is 19.8 Å². The van der Waals surface area contributed by atoms with E-state index in [1.54, 1.807) is 7.11 Å². The van der Waals surface area contributed by atoms with Crippen molar-refractivity contribution in [3.8, 4) is 0 Å². The minimum absolute atomic E-state index is 0.0995. The van der Waals surface area contributed by atoms with Gasteiger partial charge in [0, 0.05) is 33.2 Å². The number of nitrogens with two attached hydrogens (primary N) is 1. The van der Waals surface area contributed by atoms with Gasteiger partial charge in [0.15, 0.2) is 0 Å². The summed E-state index contributed by atoms with van der Waals surface area (Å²) in [7, 11) is 3.70. The molecule has 0 rings (SSSR count). The molecule has 0 spiro atoms. The largest absolute Gasteiger partial charge is 0.383 e. The number of carbonyl (C=O) groups is 1. The summed E-state index contributed by atoms with van der Waals surface area (Å²) in [5.74, 6) is 0.406. The summed E-state index contributed by atoms with van der Waals surface area (Å²) in [6.45, 7) is 5.76. The minimum Gasteiger partial charge on any atom is -0.383 e. The Kier molecular flexibility index (Phi) is 10.1. The number of hydrogen-bond donors (Lipinski definition) is 2. The second-order valence-corrected chi connectivity index (χ2v) is 4.36. The van der Waals surface area contributed by atoms with Crippen molar-refractivity contribution in [2.24, 2.45) is 11.7 Å². The molecule has 0 aliphatic rings. The first-order chi connectivity index (χ1) is 8.13. The third kappa shape index (κ3) is 9.09. The predicted octanol–water partition coefficient (Wildman–Crippen LogP) is 0.0558. The molecule has 3 N–H and O–H groups in total. The summed E-state index contributed by atoms with van der Waals surface area (Å²) in [4.78, 5) is 13.7. The minimum atomic E-state index is 0.0995. The van der Waals surface area contributed by atoms with Gasteiger partial charge in [-0.15, -0.1) is 0 Å². The van der Waals surface area contributed by atoms with Gasteiger partial charge in [0.05, 0.1) is 6.61 Å². The lowest BCUT2D eigenvalue weighted by Crippen LogP contribution is -2.35. The van der Waals surface area contributed by atoms with E-state index < -0.39 is 0 Å². The number of nitrogens with one attached hydrogen (secondary N) is 1. The summed E-state index contributed by atoms with van der Waals surface area (Å²) in [6, 6.07) is 0. The number of methoxy groups -OCH3 is 1. The Morgan fingerprint density at radius 3 is 2.71 bits per heavy atom. The molecule has 102 valence electrons. The molecule has 0 bridgehead atoms. The van der Waals surface area contributed by atoms with Gasteiger partial charge in [-0.1, -0.05) is 13.3 Å². The molecule has 1 atom stereocenters. The Labute approximate surface area is 105 Å². The van der Waals surface area contributed by atoms with E-state index in [0.29, 0.717) is 25.4 Å². The van der Waals surface area contributed by atoms with Crippen LogP contribution in [0.15, 0.2) is 0 Å². The van der Waals surface area contributed by atoms with Crippen LogP contribution in [0.2, 0.25) is 0 Å². The van der Waals surface area contributed by atoms with Crippen molar-refractivity contribution in [2.75, 3.05) is 46.9 Å². The van der Waals surface area contributed by atoms with Crippen LogP contribution in [-0.4, -0.2) is 57.8 Å². The van der Waals surface area contributed by atoms with Gasteiger partial charge in [-0.25, -0.2) is 0 Å². The van der Waals surface area contributed by atoms with Crippen LogP contribution >= 0.6 is 0 Å². The highest BCUT2D eigenvalue weighted by atomic mass is 16.5. The van der Waals surface area contributed by atoms with Crippen LogP contribution in [0.3, 0.4) is 0 Å². The van der Waals surface area contributed by atoms with Crippen molar-refractivity contribution in [3.05, 3.63) is 0 Å². The van der Waals surface area contributed by atoms with E-state index in [4.69, 9.17) is 10.5 Å². The molecule has 0 aromatic rings. The van der Waals surface area contributed by atoms with Gasteiger partial charge >= 0.3 is 0 Å². The van der Waals surface area contributed by atoms with Crippen molar-refractivity contribution in [3.63, 3.8) is 0 Å². The van der Waals surface area contributed by atoms with Crippen LogP contribution in [0.5, 0.6) is 0 Å². The molecule has 0 saturated carbocycles. The fourth-order valence-electron chi connectivity index (χ4n) is 1.47. The maximum Gasteiger partial charge on any atom is 0.220 e. The molecule has 0 aromatic heterocycles. The van der Waals surface area contributed by atoms with Crippen LogP contribution in [-0.2, 0) is 9.53 Å². The number of hydrogen-bond acceptors (Lipinski definition) is 4. The third-order valence-corrected chi connectivity index (χ3v) is 2.88. The van der Waals surface area contributed by atoms with E-state index >= 15 is 0 Å². The van der Waals surface area contributed by atoms with Crippen LogP contribution in [0.4, 0.5) is 0 Å². The number of nitrogens with zero attached hydrogens (tertiary/aromatic N) is 1. The zero-order chi connectivity index (χ0) is 13.1. The van der Waals surface area contributed by atoms with Gasteiger partial charge in [0.25, 0.3) is 0 Å². The van der Waals surface area contributed by atoms with Gasteiger partial charge < -0.3 is 20.7 Å². The number of ether oxygens (including phenoxy) is 1. The molecule has 1 unspecified atom stereocenters. The van der Waals surface area contributed by atoms with Crippen molar-refractivity contribution < 1.29 is 9.53 Å². The molecular weight excluding hydrogens is 218 g/mol. The Hall–Kier alpha value is -0.650. The first-order valence-electron chi connectivity index (χ1n) is 6.28. The number of carbonyl (C=O) groups excluding carboxylic acids is 1. The number of rotatable bonds is 10. The molecule has 5 heteroatoms. The Morgan fingerprint density at radius 1 is 1.47 bits per heavy atom. The summed E-state index contributed by atoms with van der Waals surface area (Å²) < 4.78 is 4.98. The smallest absolute Gasteiger partial charge is 0.220 e. The molecule has 0 fully saturated rings. The van der Waals surface area contributed by atoms with Crippen molar-refractivity contribution >= 4 is 5.91 Å². The van der Waals surface area contributed by atoms with Crippen LogP contribution in [0, 0.1) is 5.92 Å². The molecule has 1 amide bonds. The first kappa shape index (κ1) is 16.4. The van der Waals surface area contributed by atoms with Gasteiger partial charge in [-0.3, -0.25) is 4.79 Å². The summed E-state index contributed by atoms with van der Waals surface area (Å²) in [5.41, 5.74) is 5.56. The highest BCUT2D eigenvalue weighted by Gasteiger charge is 2.09. The van der Waals surface area contributed by atoms with Gasteiger partial charge in [-0.05, 0) is 19.5 Å². The van der Waals surface area contributed by atoms with E-state index in [0.717, 1.165) is 26.1 Å². The summed E-state index contributed by atoms with van der Waals surface area (Å²) in [5, 5.41) is 2.91. The maximum absolute atomic E-state index is 11.6.